The summed E-state index contributed by atoms with van der Waals surface area (Å²) in [5.74, 6) is -0.768. The Labute approximate surface area is 79.0 Å². The van der Waals surface area contributed by atoms with Crippen molar-refractivity contribution in [3.05, 3.63) is 0 Å². The lowest BCUT2D eigenvalue weighted by Crippen LogP contribution is -2.27. The number of carbonyl (C=O) groups is 1. The molecule has 78 valence electrons. The summed E-state index contributed by atoms with van der Waals surface area (Å²) in [7, 11) is 0. The lowest BCUT2D eigenvalue weighted by molar-refractivity contribution is -0.137. The van der Waals surface area contributed by atoms with Gasteiger partial charge in [-0.25, -0.2) is 0 Å². The molecule has 0 aromatic rings. The van der Waals surface area contributed by atoms with Crippen molar-refractivity contribution in [2.45, 2.75) is 38.7 Å². The summed E-state index contributed by atoms with van der Waals surface area (Å²) in [4.78, 5) is 10.1. The van der Waals surface area contributed by atoms with E-state index in [9.17, 15) is 9.90 Å². The van der Waals surface area contributed by atoms with E-state index < -0.39 is 5.97 Å². The molecule has 0 saturated heterocycles. The molecule has 0 saturated carbocycles. The van der Waals surface area contributed by atoms with Gasteiger partial charge in [0.25, 0.3) is 0 Å². The molecule has 0 spiro atoms. The van der Waals surface area contributed by atoms with Gasteiger partial charge in [0.1, 0.15) is 0 Å². The molecule has 0 aliphatic rings. The topological polar surface area (TPSA) is 69.6 Å². The SMILES string of the molecule is CCCC(O)CNCCCC(=O)O. The lowest BCUT2D eigenvalue weighted by atomic mass is 10.2. The first-order chi connectivity index (χ1) is 6.16. The van der Waals surface area contributed by atoms with Gasteiger partial charge in [-0.15, -0.1) is 0 Å². The maximum atomic E-state index is 10.1. The van der Waals surface area contributed by atoms with Crippen LogP contribution in [0.15, 0.2) is 0 Å². The fourth-order valence-corrected chi connectivity index (χ4v) is 1.07. The second-order valence-electron chi connectivity index (χ2n) is 3.14. The molecule has 0 aromatic carbocycles. The minimum Gasteiger partial charge on any atom is -0.481 e. The number of aliphatic carboxylic acids is 1. The van der Waals surface area contributed by atoms with E-state index in [0.29, 0.717) is 19.5 Å². The molecular weight excluding hydrogens is 170 g/mol. The number of rotatable bonds is 8. The first-order valence-electron chi connectivity index (χ1n) is 4.77. The number of carboxylic acid groups (broad SMARTS) is 1. The average molecular weight is 189 g/mol. The standard InChI is InChI=1S/C9H19NO3/c1-2-4-8(11)7-10-6-3-5-9(12)13/h8,10-11H,2-7H2,1H3,(H,12,13). The van der Waals surface area contributed by atoms with Gasteiger partial charge in [0, 0.05) is 13.0 Å². The molecule has 0 bridgehead atoms. The Bertz CT molecular complexity index is 139. The van der Waals surface area contributed by atoms with Crippen molar-refractivity contribution in [2.24, 2.45) is 0 Å². The van der Waals surface area contributed by atoms with Crippen LogP contribution in [-0.2, 0) is 4.79 Å². The van der Waals surface area contributed by atoms with Crippen molar-refractivity contribution < 1.29 is 15.0 Å². The van der Waals surface area contributed by atoms with Crippen molar-refractivity contribution in [1.82, 2.24) is 5.32 Å². The molecule has 13 heavy (non-hydrogen) atoms. The highest BCUT2D eigenvalue weighted by atomic mass is 16.4. The van der Waals surface area contributed by atoms with E-state index in [2.05, 4.69) is 5.32 Å². The van der Waals surface area contributed by atoms with Gasteiger partial charge in [-0.1, -0.05) is 13.3 Å². The minimum atomic E-state index is -0.768. The normalized spacial score (nSPS) is 12.8. The van der Waals surface area contributed by atoms with Gasteiger partial charge in [0.2, 0.25) is 0 Å². The van der Waals surface area contributed by atoms with Gasteiger partial charge in [-0.05, 0) is 19.4 Å². The zero-order valence-electron chi connectivity index (χ0n) is 8.12. The Kier molecular flexibility index (Phi) is 7.63. The summed E-state index contributed by atoms with van der Waals surface area (Å²) in [6, 6.07) is 0. The fraction of sp³-hybridized carbons (Fsp3) is 0.889. The van der Waals surface area contributed by atoms with E-state index in [4.69, 9.17) is 5.11 Å². The molecular formula is C9H19NO3. The predicted molar refractivity (Wildman–Crippen MR) is 50.7 cm³/mol. The smallest absolute Gasteiger partial charge is 0.303 e. The van der Waals surface area contributed by atoms with E-state index in [0.717, 1.165) is 12.8 Å². The molecule has 0 aliphatic carbocycles. The van der Waals surface area contributed by atoms with Crippen LogP contribution < -0.4 is 5.32 Å². The third-order valence-electron chi connectivity index (χ3n) is 1.75. The maximum Gasteiger partial charge on any atom is 0.303 e. The molecule has 0 aliphatic heterocycles. The van der Waals surface area contributed by atoms with Crippen LogP contribution in [0.1, 0.15) is 32.6 Å². The van der Waals surface area contributed by atoms with Gasteiger partial charge in [-0.2, -0.15) is 0 Å². The first kappa shape index (κ1) is 12.4. The third kappa shape index (κ3) is 9.30. The maximum absolute atomic E-state index is 10.1. The summed E-state index contributed by atoms with van der Waals surface area (Å²) in [5, 5.41) is 20.6. The number of nitrogens with one attached hydrogen (secondary N) is 1. The van der Waals surface area contributed by atoms with Gasteiger partial charge >= 0.3 is 5.97 Å². The largest absolute Gasteiger partial charge is 0.481 e. The molecule has 0 radical (unpaired) electrons. The zero-order valence-corrected chi connectivity index (χ0v) is 8.12. The van der Waals surface area contributed by atoms with Gasteiger partial charge < -0.3 is 15.5 Å². The lowest BCUT2D eigenvalue weighted by Gasteiger charge is -2.09. The van der Waals surface area contributed by atoms with E-state index in [-0.39, 0.29) is 12.5 Å². The van der Waals surface area contributed by atoms with Crippen LogP contribution in [0.3, 0.4) is 0 Å². The molecule has 1 unspecified atom stereocenters. The molecule has 1 atom stereocenters. The van der Waals surface area contributed by atoms with Gasteiger partial charge in [-0.3, -0.25) is 4.79 Å². The van der Waals surface area contributed by atoms with Gasteiger partial charge in [0.05, 0.1) is 6.10 Å². The number of hydrogen-bond donors (Lipinski definition) is 3. The van der Waals surface area contributed by atoms with Crippen molar-refractivity contribution in [3.8, 4) is 0 Å². The Morgan fingerprint density at radius 3 is 2.77 bits per heavy atom. The van der Waals surface area contributed by atoms with Crippen molar-refractivity contribution >= 4 is 5.97 Å². The number of aliphatic hydroxyl groups is 1. The highest BCUT2D eigenvalue weighted by Crippen LogP contribution is 1.94. The third-order valence-corrected chi connectivity index (χ3v) is 1.75. The number of carboxylic acids is 1. The predicted octanol–water partition coefficient (Wildman–Crippen LogP) is 0.602. The molecule has 0 amide bonds. The van der Waals surface area contributed by atoms with Gasteiger partial charge in [0.15, 0.2) is 0 Å². The molecule has 3 N–H and O–H groups in total. The Morgan fingerprint density at radius 1 is 1.54 bits per heavy atom. The quantitative estimate of drug-likeness (QED) is 0.489. The van der Waals surface area contributed by atoms with Crippen LogP contribution in [0, 0.1) is 0 Å². The van der Waals surface area contributed by atoms with Crippen LogP contribution in [0.2, 0.25) is 0 Å². The second-order valence-corrected chi connectivity index (χ2v) is 3.14. The molecule has 4 nitrogen and oxygen atoms in total. The molecule has 0 heterocycles. The Balaban J connectivity index is 3.11. The van der Waals surface area contributed by atoms with Crippen LogP contribution in [0.4, 0.5) is 0 Å². The molecule has 0 rings (SSSR count). The first-order valence-corrected chi connectivity index (χ1v) is 4.77. The van der Waals surface area contributed by atoms with E-state index in [1.165, 1.54) is 0 Å². The highest BCUT2D eigenvalue weighted by Gasteiger charge is 2.01. The Hall–Kier alpha value is -0.610. The fourth-order valence-electron chi connectivity index (χ4n) is 1.07. The number of hydrogen-bond acceptors (Lipinski definition) is 3. The highest BCUT2D eigenvalue weighted by molar-refractivity contribution is 5.66. The van der Waals surface area contributed by atoms with Crippen LogP contribution in [-0.4, -0.2) is 35.4 Å². The zero-order chi connectivity index (χ0) is 10.1. The number of aliphatic hydroxyl groups excluding tert-OH is 1. The minimum absolute atomic E-state index is 0.191. The average Bonchev–Trinajstić information content (AvgIpc) is 2.03. The van der Waals surface area contributed by atoms with Crippen LogP contribution in [0.5, 0.6) is 0 Å². The summed E-state index contributed by atoms with van der Waals surface area (Å²) in [6.45, 7) is 3.24. The van der Waals surface area contributed by atoms with Crippen molar-refractivity contribution in [2.75, 3.05) is 13.1 Å². The summed E-state index contributed by atoms with van der Waals surface area (Å²) in [6.07, 6.45) is 2.28. The molecule has 0 aromatic heterocycles. The molecule has 0 fully saturated rings. The van der Waals surface area contributed by atoms with E-state index in [1.54, 1.807) is 0 Å². The van der Waals surface area contributed by atoms with Crippen molar-refractivity contribution in [1.29, 1.82) is 0 Å². The van der Waals surface area contributed by atoms with E-state index in [1.807, 2.05) is 6.92 Å². The summed E-state index contributed by atoms with van der Waals surface area (Å²) in [5.41, 5.74) is 0. The molecule has 4 heteroatoms. The van der Waals surface area contributed by atoms with Crippen molar-refractivity contribution in [3.63, 3.8) is 0 Å². The summed E-state index contributed by atoms with van der Waals surface area (Å²) >= 11 is 0. The van der Waals surface area contributed by atoms with E-state index >= 15 is 0 Å². The second kappa shape index (κ2) is 8.01. The van der Waals surface area contributed by atoms with Crippen LogP contribution in [0.25, 0.3) is 0 Å². The Morgan fingerprint density at radius 2 is 2.23 bits per heavy atom. The monoisotopic (exact) mass is 189 g/mol. The van der Waals surface area contributed by atoms with Crippen LogP contribution >= 0.6 is 0 Å². The summed E-state index contributed by atoms with van der Waals surface area (Å²) < 4.78 is 0.